The Bertz CT molecular complexity index is 453. The Morgan fingerprint density at radius 1 is 1.50 bits per heavy atom. The van der Waals surface area contributed by atoms with Gasteiger partial charge < -0.3 is 5.32 Å². The number of carbonyl (C=O) groups is 1. The lowest BCUT2D eigenvalue weighted by Gasteiger charge is -2.29. The topological polar surface area (TPSA) is 42.0 Å². The maximum absolute atomic E-state index is 13.0. The molecule has 1 aromatic rings. The van der Waals surface area contributed by atoms with E-state index in [4.69, 9.17) is 11.6 Å². The average molecular weight is 271 g/mol. The van der Waals surface area contributed by atoms with E-state index in [2.05, 4.69) is 17.2 Å². The molecule has 1 aliphatic carbocycles. The van der Waals surface area contributed by atoms with E-state index >= 15 is 0 Å². The molecule has 5 heteroatoms. The van der Waals surface area contributed by atoms with Crippen LogP contribution in [0.5, 0.6) is 0 Å². The van der Waals surface area contributed by atoms with Crippen molar-refractivity contribution < 1.29 is 9.18 Å². The molecule has 1 fully saturated rings. The summed E-state index contributed by atoms with van der Waals surface area (Å²) in [6.45, 7) is 2.12. The van der Waals surface area contributed by atoms with E-state index in [1.165, 1.54) is 6.42 Å². The van der Waals surface area contributed by atoms with Gasteiger partial charge in [0.1, 0.15) is 0 Å². The molecule has 3 nitrogen and oxygen atoms in total. The van der Waals surface area contributed by atoms with Gasteiger partial charge in [-0.05, 0) is 18.8 Å². The number of hydrogen-bond donors (Lipinski definition) is 1. The van der Waals surface area contributed by atoms with Crippen molar-refractivity contribution in [3.63, 3.8) is 0 Å². The molecule has 98 valence electrons. The number of amides is 1. The summed E-state index contributed by atoms with van der Waals surface area (Å²) >= 11 is 5.86. The maximum Gasteiger partial charge on any atom is 0.253 e. The Morgan fingerprint density at radius 2 is 2.22 bits per heavy atom. The molecule has 0 aliphatic heterocycles. The predicted octanol–water partition coefficient (Wildman–Crippen LogP) is 3.18. The number of nitrogens with one attached hydrogen (secondary N) is 1. The highest BCUT2D eigenvalue weighted by Gasteiger charge is 2.24. The Labute approximate surface area is 111 Å². The number of rotatable bonds is 2. The zero-order valence-electron chi connectivity index (χ0n) is 10.2. The third-order valence-electron chi connectivity index (χ3n) is 3.49. The molecule has 0 radical (unpaired) electrons. The summed E-state index contributed by atoms with van der Waals surface area (Å²) in [5.74, 6) is -0.561. The van der Waals surface area contributed by atoms with E-state index in [1.54, 1.807) is 0 Å². The lowest BCUT2D eigenvalue weighted by atomic mass is 9.86. The van der Waals surface area contributed by atoms with Crippen LogP contribution in [0.15, 0.2) is 12.3 Å². The van der Waals surface area contributed by atoms with Crippen LogP contribution in [-0.4, -0.2) is 16.9 Å². The number of pyridine rings is 1. The van der Waals surface area contributed by atoms with Crippen molar-refractivity contribution in [2.45, 2.75) is 38.6 Å². The summed E-state index contributed by atoms with van der Waals surface area (Å²) in [6.07, 6.45) is 5.57. The first-order valence-electron chi connectivity index (χ1n) is 6.20. The minimum atomic E-state index is -0.693. The van der Waals surface area contributed by atoms with Crippen LogP contribution in [0.4, 0.5) is 4.39 Å². The summed E-state index contributed by atoms with van der Waals surface area (Å²) in [5.41, 5.74) is 0.155. The SMILES string of the molecule is C[C@@H]1CCCC[C@H]1NC(=O)c1cc(F)ncc1Cl. The minimum Gasteiger partial charge on any atom is -0.349 e. The molecule has 1 amide bonds. The lowest BCUT2D eigenvalue weighted by molar-refractivity contribution is 0.0910. The Kier molecular flexibility index (Phi) is 4.17. The van der Waals surface area contributed by atoms with Crippen molar-refractivity contribution in [1.82, 2.24) is 10.3 Å². The van der Waals surface area contributed by atoms with Crippen LogP contribution >= 0.6 is 11.6 Å². The number of nitrogens with zero attached hydrogens (tertiary/aromatic N) is 1. The van der Waals surface area contributed by atoms with Crippen LogP contribution in [0.3, 0.4) is 0 Å². The first kappa shape index (κ1) is 13.3. The summed E-state index contributed by atoms with van der Waals surface area (Å²) in [5, 5.41) is 3.11. The third-order valence-corrected chi connectivity index (χ3v) is 3.80. The van der Waals surface area contributed by atoms with E-state index in [0.717, 1.165) is 31.5 Å². The van der Waals surface area contributed by atoms with Crippen molar-refractivity contribution in [3.05, 3.63) is 28.8 Å². The number of aromatic nitrogens is 1. The second kappa shape index (κ2) is 5.65. The fourth-order valence-corrected chi connectivity index (χ4v) is 2.55. The molecule has 2 rings (SSSR count). The van der Waals surface area contributed by atoms with Crippen LogP contribution in [0.1, 0.15) is 43.0 Å². The molecule has 0 spiro atoms. The van der Waals surface area contributed by atoms with Gasteiger partial charge in [-0.15, -0.1) is 0 Å². The average Bonchev–Trinajstić information content (AvgIpc) is 2.35. The van der Waals surface area contributed by atoms with Crippen LogP contribution in [0.25, 0.3) is 0 Å². The quantitative estimate of drug-likeness (QED) is 0.839. The monoisotopic (exact) mass is 270 g/mol. The molecule has 2 atom stereocenters. The normalized spacial score (nSPS) is 23.7. The van der Waals surface area contributed by atoms with E-state index in [1.807, 2.05) is 0 Å². The highest BCUT2D eigenvalue weighted by molar-refractivity contribution is 6.33. The summed E-state index contributed by atoms with van der Waals surface area (Å²) in [4.78, 5) is 15.4. The Balaban J connectivity index is 2.09. The molecule has 1 N–H and O–H groups in total. The maximum atomic E-state index is 13.0. The third kappa shape index (κ3) is 2.99. The summed E-state index contributed by atoms with van der Waals surface area (Å²) in [7, 11) is 0. The van der Waals surface area contributed by atoms with Crippen molar-refractivity contribution in [2.24, 2.45) is 5.92 Å². The Hall–Kier alpha value is -1.16. The van der Waals surface area contributed by atoms with Gasteiger partial charge in [0.2, 0.25) is 5.95 Å². The van der Waals surface area contributed by atoms with Gasteiger partial charge in [0.25, 0.3) is 5.91 Å². The second-order valence-corrected chi connectivity index (χ2v) is 5.24. The van der Waals surface area contributed by atoms with Gasteiger partial charge in [0.15, 0.2) is 0 Å². The van der Waals surface area contributed by atoms with Gasteiger partial charge in [-0.2, -0.15) is 4.39 Å². The van der Waals surface area contributed by atoms with E-state index in [0.29, 0.717) is 5.92 Å². The van der Waals surface area contributed by atoms with Gasteiger partial charge in [0.05, 0.1) is 10.6 Å². The predicted molar refractivity (Wildman–Crippen MR) is 68.1 cm³/mol. The largest absolute Gasteiger partial charge is 0.349 e. The molecule has 0 bridgehead atoms. The first-order chi connectivity index (χ1) is 8.58. The first-order valence-corrected chi connectivity index (χ1v) is 6.57. The van der Waals surface area contributed by atoms with E-state index in [-0.39, 0.29) is 22.5 Å². The molecular formula is C13H16ClFN2O. The van der Waals surface area contributed by atoms with Crippen LogP contribution in [0.2, 0.25) is 5.02 Å². The second-order valence-electron chi connectivity index (χ2n) is 4.83. The molecule has 0 unspecified atom stereocenters. The fourth-order valence-electron chi connectivity index (χ4n) is 2.36. The number of hydrogen-bond acceptors (Lipinski definition) is 2. The van der Waals surface area contributed by atoms with Crippen molar-refractivity contribution in [2.75, 3.05) is 0 Å². The molecule has 0 saturated heterocycles. The van der Waals surface area contributed by atoms with Gasteiger partial charge >= 0.3 is 0 Å². The standard InChI is InChI=1S/C13H16ClFN2O/c1-8-4-2-3-5-11(8)17-13(18)9-6-12(15)16-7-10(9)14/h6-8,11H,2-5H2,1H3,(H,17,18)/t8-,11-/m1/s1. The molecular weight excluding hydrogens is 255 g/mol. The van der Waals surface area contributed by atoms with Crippen molar-refractivity contribution >= 4 is 17.5 Å². The smallest absolute Gasteiger partial charge is 0.253 e. The van der Waals surface area contributed by atoms with Gasteiger partial charge in [-0.3, -0.25) is 4.79 Å². The van der Waals surface area contributed by atoms with Gasteiger partial charge in [-0.25, -0.2) is 4.98 Å². The molecule has 18 heavy (non-hydrogen) atoms. The van der Waals surface area contributed by atoms with Crippen molar-refractivity contribution in [3.8, 4) is 0 Å². The molecule has 1 aromatic heterocycles. The number of halogens is 2. The van der Waals surface area contributed by atoms with Crippen LogP contribution in [0, 0.1) is 11.9 Å². The zero-order chi connectivity index (χ0) is 13.1. The van der Waals surface area contributed by atoms with Crippen LogP contribution in [-0.2, 0) is 0 Å². The van der Waals surface area contributed by atoms with Gasteiger partial charge in [0, 0.05) is 18.3 Å². The fraction of sp³-hybridized carbons (Fsp3) is 0.538. The molecule has 0 aromatic carbocycles. The highest BCUT2D eigenvalue weighted by atomic mass is 35.5. The van der Waals surface area contributed by atoms with E-state index in [9.17, 15) is 9.18 Å². The highest BCUT2D eigenvalue weighted by Crippen LogP contribution is 2.24. The molecule has 1 heterocycles. The minimum absolute atomic E-state index is 0.151. The Morgan fingerprint density at radius 3 is 2.94 bits per heavy atom. The number of carbonyl (C=O) groups excluding carboxylic acids is 1. The molecule has 1 aliphatic rings. The zero-order valence-corrected chi connectivity index (χ0v) is 11.0. The van der Waals surface area contributed by atoms with Gasteiger partial charge in [-0.1, -0.05) is 31.4 Å². The summed E-state index contributed by atoms with van der Waals surface area (Å²) in [6, 6.07) is 1.23. The van der Waals surface area contributed by atoms with Crippen LogP contribution < -0.4 is 5.32 Å². The van der Waals surface area contributed by atoms with E-state index < -0.39 is 5.95 Å². The van der Waals surface area contributed by atoms with Crippen molar-refractivity contribution in [1.29, 1.82) is 0 Å². The summed E-state index contributed by atoms with van der Waals surface area (Å²) < 4.78 is 13.0. The molecule has 1 saturated carbocycles. The lowest BCUT2D eigenvalue weighted by Crippen LogP contribution is -2.41.